The number of nitrogens with one attached hydrogen (secondary N) is 1. The minimum Gasteiger partial charge on any atom is -0.411 e. The molecule has 4 aromatic rings. The van der Waals surface area contributed by atoms with Gasteiger partial charge in [-0.15, -0.1) is 15.3 Å². The molecule has 12 heteroatoms. The molecule has 0 saturated heterocycles. The fourth-order valence-corrected chi connectivity index (χ4v) is 4.27. The first-order valence-electron chi connectivity index (χ1n) is 8.91. The van der Waals surface area contributed by atoms with Gasteiger partial charge in [0.2, 0.25) is 5.16 Å². The van der Waals surface area contributed by atoms with Gasteiger partial charge in [-0.05, 0) is 12.5 Å². The molecule has 0 fully saturated rings. The smallest absolute Gasteiger partial charge is 0.282 e. The number of aromatic amines is 1. The van der Waals surface area contributed by atoms with Crippen LogP contribution >= 0.6 is 23.5 Å². The molecule has 3 aromatic heterocycles. The summed E-state index contributed by atoms with van der Waals surface area (Å²) in [6.45, 7) is 2.02. The van der Waals surface area contributed by atoms with Crippen LogP contribution in [0.4, 0.5) is 8.78 Å². The van der Waals surface area contributed by atoms with E-state index in [4.69, 9.17) is 4.42 Å². The van der Waals surface area contributed by atoms with Crippen molar-refractivity contribution >= 4 is 23.5 Å². The lowest BCUT2D eigenvalue weighted by atomic mass is 10.1. The van der Waals surface area contributed by atoms with Crippen LogP contribution in [-0.2, 0) is 7.05 Å². The second kappa shape index (κ2) is 8.96. The van der Waals surface area contributed by atoms with Gasteiger partial charge in [-0.25, -0.2) is 13.8 Å². The number of thioether (sulfide) groups is 2. The Labute approximate surface area is 178 Å². The van der Waals surface area contributed by atoms with Crippen molar-refractivity contribution in [2.75, 3.05) is 11.5 Å². The van der Waals surface area contributed by atoms with Gasteiger partial charge in [0.25, 0.3) is 17.5 Å². The van der Waals surface area contributed by atoms with Crippen LogP contribution in [0.15, 0.2) is 45.3 Å². The van der Waals surface area contributed by atoms with Crippen molar-refractivity contribution in [1.82, 2.24) is 35.2 Å². The molecule has 3 heterocycles. The number of aromatic nitrogens is 7. The summed E-state index contributed by atoms with van der Waals surface area (Å²) in [6.07, 6.45) is -1.28. The van der Waals surface area contributed by atoms with Gasteiger partial charge >= 0.3 is 0 Å². The van der Waals surface area contributed by atoms with Gasteiger partial charge in [-0.1, -0.05) is 47.8 Å². The Hall–Kier alpha value is -2.73. The zero-order valence-corrected chi connectivity index (χ0v) is 17.7. The van der Waals surface area contributed by atoms with Gasteiger partial charge in [-0.3, -0.25) is 9.78 Å². The highest BCUT2D eigenvalue weighted by Gasteiger charge is 2.23. The molecule has 0 saturated carbocycles. The van der Waals surface area contributed by atoms with E-state index in [1.54, 1.807) is 7.05 Å². The van der Waals surface area contributed by atoms with E-state index in [2.05, 4.69) is 30.5 Å². The summed E-state index contributed by atoms with van der Waals surface area (Å²) in [5, 5.41) is 19.7. The molecule has 1 aromatic carbocycles. The van der Waals surface area contributed by atoms with Gasteiger partial charge in [0.05, 0.1) is 5.56 Å². The number of hydrogen-bond donors (Lipinski definition) is 1. The lowest BCUT2D eigenvalue weighted by Crippen LogP contribution is -1.91. The molecule has 8 nitrogen and oxygen atoms in total. The van der Waals surface area contributed by atoms with Gasteiger partial charge in [0.1, 0.15) is 5.69 Å². The summed E-state index contributed by atoms with van der Waals surface area (Å²) >= 11 is 2.84. The lowest BCUT2D eigenvalue weighted by molar-refractivity contribution is 0.145. The van der Waals surface area contributed by atoms with Crippen LogP contribution in [0.3, 0.4) is 0 Å². The molecular weight excluding hydrogens is 432 g/mol. The SMILES string of the molecule is Cc1ccccc1-c1nc(SCCSc2nnc(-c3cn(C)nc3C(F)F)o2)n[nH]1. The first kappa shape index (κ1) is 20.5. The van der Waals surface area contributed by atoms with Gasteiger partial charge in [0, 0.05) is 30.3 Å². The lowest BCUT2D eigenvalue weighted by Gasteiger charge is -1.99. The van der Waals surface area contributed by atoms with Gasteiger partial charge in [-0.2, -0.15) is 5.10 Å². The molecule has 0 spiro atoms. The first-order valence-corrected chi connectivity index (χ1v) is 10.9. The number of hydrogen-bond acceptors (Lipinski definition) is 8. The predicted octanol–water partition coefficient (Wildman–Crippen LogP) is 4.39. The molecule has 156 valence electrons. The quantitative estimate of drug-likeness (QED) is 0.312. The summed E-state index contributed by atoms with van der Waals surface area (Å²) in [7, 11) is 1.56. The topological polar surface area (TPSA) is 98.3 Å². The Morgan fingerprint density at radius 3 is 2.73 bits per heavy atom. The maximum Gasteiger partial charge on any atom is 0.282 e. The fourth-order valence-electron chi connectivity index (χ4n) is 2.74. The van der Waals surface area contributed by atoms with Crippen LogP contribution in [0.2, 0.25) is 0 Å². The van der Waals surface area contributed by atoms with Crippen molar-refractivity contribution in [2.24, 2.45) is 7.05 Å². The third-order valence-corrected chi connectivity index (χ3v) is 6.03. The average molecular weight is 450 g/mol. The molecule has 0 radical (unpaired) electrons. The number of aryl methyl sites for hydroxylation is 2. The Kier molecular flexibility index (Phi) is 6.13. The van der Waals surface area contributed by atoms with E-state index >= 15 is 0 Å². The predicted molar refractivity (Wildman–Crippen MR) is 109 cm³/mol. The number of alkyl halides is 2. The zero-order valence-electron chi connectivity index (χ0n) is 16.0. The summed E-state index contributed by atoms with van der Waals surface area (Å²) in [5.41, 5.74) is 1.91. The molecule has 0 aliphatic carbocycles. The molecule has 0 aliphatic heterocycles. The minimum atomic E-state index is -2.72. The number of halogens is 2. The third-order valence-electron chi connectivity index (χ3n) is 4.11. The number of H-pyrrole nitrogens is 1. The van der Waals surface area contributed by atoms with E-state index in [0.717, 1.165) is 17.0 Å². The number of benzene rings is 1. The van der Waals surface area contributed by atoms with E-state index in [1.165, 1.54) is 34.4 Å². The molecule has 1 N–H and O–H groups in total. The van der Waals surface area contributed by atoms with Crippen molar-refractivity contribution in [3.63, 3.8) is 0 Å². The normalized spacial score (nSPS) is 11.5. The van der Waals surface area contributed by atoms with Crippen LogP contribution in [0.1, 0.15) is 17.7 Å². The Balaban J connectivity index is 1.32. The molecule has 0 amide bonds. The average Bonchev–Trinajstić information content (AvgIpc) is 3.45. The van der Waals surface area contributed by atoms with Crippen LogP contribution in [0, 0.1) is 6.92 Å². The van der Waals surface area contributed by atoms with Crippen molar-refractivity contribution < 1.29 is 13.2 Å². The van der Waals surface area contributed by atoms with Gasteiger partial charge in [0.15, 0.2) is 5.82 Å². The second-order valence-corrected chi connectivity index (χ2v) is 8.36. The summed E-state index contributed by atoms with van der Waals surface area (Å²) in [5.74, 6) is 2.14. The molecule has 0 unspecified atom stereocenters. The summed E-state index contributed by atoms with van der Waals surface area (Å²) < 4.78 is 33.0. The summed E-state index contributed by atoms with van der Waals surface area (Å²) in [4.78, 5) is 4.51. The highest BCUT2D eigenvalue weighted by atomic mass is 32.2. The molecule has 0 bridgehead atoms. The van der Waals surface area contributed by atoms with Crippen molar-refractivity contribution in [1.29, 1.82) is 0 Å². The molecule has 30 heavy (non-hydrogen) atoms. The molecule has 4 rings (SSSR count). The van der Waals surface area contributed by atoms with E-state index in [-0.39, 0.29) is 17.1 Å². The minimum absolute atomic E-state index is 0.0328. The molecule has 0 aliphatic rings. The second-order valence-electron chi connectivity index (χ2n) is 6.25. The van der Waals surface area contributed by atoms with E-state index < -0.39 is 6.43 Å². The molecular formula is C18H17F2N7OS2. The number of nitrogens with zero attached hydrogens (tertiary/aromatic N) is 6. The standard InChI is InChI=1S/C18H17F2N7OS2/c1-10-5-3-4-6-11(10)15-21-17(24-22-15)29-7-8-30-18-25-23-16(28-18)12-9-27(2)26-13(12)14(19)20/h3-6,9,14H,7-8H2,1-2H3,(H,21,22,24). The highest BCUT2D eigenvalue weighted by Crippen LogP contribution is 2.31. The zero-order chi connectivity index (χ0) is 21.1. The first-order chi connectivity index (χ1) is 14.5. The van der Waals surface area contributed by atoms with Crippen LogP contribution in [0.5, 0.6) is 0 Å². The monoisotopic (exact) mass is 449 g/mol. The Morgan fingerprint density at radius 2 is 1.93 bits per heavy atom. The van der Waals surface area contributed by atoms with Gasteiger partial charge < -0.3 is 4.42 Å². The maximum atomic E-state index is 13.1. The van der Waals surface area contributed by atoms with E-state index in [1.807, 2.05) is 31.2 Å². The van der Waals surface area contributed by atoms with Crippen molar-refractivity contribution in [2.45, 2.75) is 23.7 Å². The molecule has 0 atom stereocenters. The number of rotatable bonds is 8. The maximum absolute atomic E-state index is 13.1. The van der Waals surface area contributed by atoms with E-state index in [9.17, 15) is 8.78 Å². The Bertz CT molecular complexity index is 1140. The van der Waals surface area contributed by atoms with Crippen LogP contribution in [0.25, 0.3) is 22.8 Å². The largest absolute Gasteiger partial charge is 0.411 e. The summed E-state index contributed by atoms with van der Waals surface area (Å²) in [6, 6.07) is 7.96. The van der Waals surface area contributed by atoms with E-state index in [0.29, 0.717) is 21.9 Å². The third kappa shape index (κ3) is 4.54. The fraction of sp³-hybridized carbons (Fsp3) is 0.278. The van der Waals surface area contributed by atoms with Crippen LogP contribution in [-0.4, -0.2) is 46.7 Å². The van der Waals surface area contributed by atoms with Crippen molar-refractivity contribution in [3.8, 4) is 22.8 Å². The van der Waals surface area contributed by atoms with Crippen molar-refractivity contribution in [3.05, 3.63) is 41.7 Å². The highest BCUT2D eigenvalue weighted by molar-refractivity contribution is 8.02. The Morgan fingerprint density at radius 1 is 1.13 bits per heavy atom. The van der Waals surface area contributed by atoms with Crippen LogP contribution < -0.4 is 0 Å².